The van der Waals surface area contributed by atoms with Crippen molar-refractivity contribution < 1.29 is 14.7 Å². The number of carboxylic acids is 1. The molecule has 3 rings (SSSR count). The summed E-state index contributed by atoms with van der Waals surface area (Å²) < 4.78 is 0. The van der Waals surface area contributed by atoms with E-state index in [-0.39, 0.29) is 17.0 Å². The molecule has 1 aromatic heterocycles. The van der Waals surface area contributed by atoms with Crippen LogP contribution in [0.2, 0.25) is 0 Å². The molecule has 1 fully saturated rings. The molecule has 2 aliphatic heterocycles. The van der Waals surface area contributed by atoms with E-state index in [0.717, 1.165) is 5.56 Å². The van der Waals surface area contributed by atoms with Gasteiger partial charge >= 0.3 is 5.97 Å². The smallest absolute Gasteiger partial charge is 0.352 e. The van der Waals surface area contributed by atoms with Crippen LogP contribution in [0.25, 0.3) is 6.08 Å². The van der Waals surface area contributed by atoms with Gasteiger partial charge in [-0.05, 0) is 17.2 Å². The molecule has 0 unspecified atom stereocenters. The SMILES string of the molecule is O=C(O)C1=C(/C=C\c2cccnc2)CS[C@H]2CC(=O)N12. The van der Waals surface area contributed by atoms with Crippen LogP contribution in [0.1, 0.15) is 12.0 Å². The number of β-lactam (4-membered cyclic amide) rings is 1. The topological polar surface area (TPSA) is 70.5 Å². The van der Waals surface area contributed by atoms with Gasteiger partial charge < -0.3 is 5.11 Å². The molecule has 0 bridgehead atoms. The summed E-state index contributed by atoms with van der Waals surface area (Å²) in [5.41, 5.74) is 1.67. The van der Waals surface area contributed by atoms with Crippen molar-refractivity contribution in [3.8, 4) is 0 Å². The number of pyridine rings is 1. The van der Waals surface area contributed by atoms with E-state index in [9.17, 15) is 14.7 Å². The van der Waals surface area contributed by atoms with Crippen molar-refractivity contribution in [2.75, 3.05) is 5.75 Å². The van der Waals surface area contributed by atoms with Gasteiger partial charge in [0, 0.05) is 18.1 Å². The zero-order valence-electron chi connectivity index (χ0n) is 10.5. The number of fused-ring (bicyclic) bond motifs is 1. The minimum atomic E-state index is -1.05. The second kappa shape index (κ2) is 5.13. The van der Waals surface area contributed by atoms with Gasteiger partial charge in [0.1, 0.15) is 5.70 Å². The second-order valence-electron chi connectivity index (χ2n) is 4.53. The van der Waals surface area contributed by atoms with Crippen LogP contribution in [-0.2, 0) is 9.59 Å². The highest BCUT2D eigenvalue weighted by molar-refractivity contribution is 8.00. The molecule has 20 heavy (non-hydrogen) atoms. The molecule has 0 saturated carbocycles. The van der Waals surface area contributed by atoms with Gasteiger partial charge in [0.25, 0.3) is 0 Å². The predicted molar refractivity (Wildman–Crippen MR) is 75.6 cm³/mol. The highest BCUT2D eigenvalue weighted by Crippen LogP contribution is 2.40. The van der Waals surface area contributed by atoms with Gasteiger partial charge in [0.15, 0.2) is 0 Å². The van der Waals surface area contributed by atoms with E-state index in [4.69, 9.17) is 0 Å². The highest BCUT2D eigenvalue weighted by atomic mass is 32.2. The lowest BCUT2D eigenvalue weighted by molar-refractivity contribution is -0.146. The Kier molecular flexibility index (Phi) is 3.31. The average molecular weight is 288 g/mol. The maximum atomic E-state index is 11.6. The lowest BCUT2D eigenvalue weighted by Crippen LogP contribution is -2.53. The zero-order valence-corrected chi connectivity index (χ0v) is 11.3. The standard InChI is InChI=1S/C14H12N2O3S/c17-11-6-12-16(11)13(14(18)19)10(8-20-12)4-3-9-2-1-5-15-7-9/h1-5,7,12H,6,8H2,(H,18,19)/b4-3-/t12-/m0/s1. The van der Waals surface area contributed by atoms with Crippen molar-refractivity contribution in [1.29, 1.82) is 0 Å². The normalized spacial score (nSPS) is 21.9. The Bertz CT molecular complexity index is 625. The van der Waals surface area contributed by atoms with Crippen molar-refractivity contribution in [2.45, 2.75) is 11.8 Å². The number of aliphatic carboxylic acids is 1. The number of aromatic nitrogens is 1. The first-order valence-corrected chi connectivity index (χ1v) is 7.20. The first kappa shape index (κ1) is 12.9. The molecule has 0 spiro atoms. The highest BCUT2D eigenvalue weighted by Gasteiger charge is 2.44. The molecule has 102 valence electrons. The number of carbonyl (C=O) groups is 2. The number of carboxylic acid groups (broad SMARTS) is 1. The number of carbonyl (C=O) groups excluding carboxylic acids is 1. The van der Waals surface area contributed by atoms with Crippen LogP contribution in [0.5, 0.6) is 0 Å². The quantitative estimate of drug-likeness (QED) is 0.858. The third-order valence-corrected chi connectivity index (χ3v) is 4.49. The van der Waals surface area contributed by atoms with Crippen molar-refractivity contribution in [3.63, 3.8) is 0 Å². The minimum Gasteiger partial charge on any atom is -0.477 e. The van der Waals surface area contributed by atoms with Gasteiger partial charge in [0.05, 0.1) is 11.8 Å². The Morgan fingerprint density at radius 3 is 3.00 bits per heavy atom. The molecule has 6 heteroatoms. The van der Waals surface area contributed by atoms with E-state index in [2.05, 4.69) is 4.98 Å². The number of nitrogens with zero attached hydrogens (tertiary/aromatic N) is 2. The molecular weight excluding hydrogens is 276 g/mol. The molecule has 5 nitrogen and oxygen atoms in total. The summed E-state index contributed by atoms with van der Waals surface area (Å²) >= 11 is 1.60. The van der Waals surface area contributed by atoms with Gasteiger partial charge in [-0.3, -0.25) is 14.7 Å². The number of hydrogen-bond donors (Lipinski definition) is 1. The number of allylic oxidation sites excluding steroid dienone is 1. The fourth-order valence-electron chi connectivity index (χ4n) is 2.24. The van der Waals surface area contributed by atoms with Gasteiger partial charge in [0.2, 0.25) is 5.91 Å². The fraction of sp³-hybridized carbons (Fsp3) is 0.214. The number of thioether (sulfide) groups is 1. The number of amides is 1. The van der Waals surface area contributed by atoms with Gasteiger partial charge in [-0.1, -0.05) is 18.2 Å². The summed E-state index contributed by atoms with van der Waals surface area (Å²) in [5.74, 6) is -0.562. The van der Waals surface area contributed by atoms with Crippen LogP contribution in [0.15, 0.2) is 41.9 Å². The molecule has 1 amide bonds. The van der Waals surface area contributed by atoms with E-state index >= 15 is 0 Å². The Morgan fingerprint density at radius 1 is 1.50 bits per heavy atom. The molecule has 0 aromatic carbocycles. The maximum Gasteiger partial charge on any atom is 0.352 e. The number of hydrogen-bond acceptors (Lipinski definition) is 4. The number of rotatable bonds is 3. The predicted octanol–water partition coefficient (Wildman–Crippen LogP) is 1.74. The van der Waals surface area contributed by atoms with Crippen molar-refractivity contribution in [3.05, 3.63) is 47.4 Å². The lowest BCUT2D eigenvalue weighted by Gasteiger charge is -2.43. The summed E-state index contributed by atoms with van der Waals surface area (Å²) in [6, 6.07) is 3.70. The molecule has 2 aliphatic rings. The van der Waals surface area contributed by atoms with Gasteiger partial charge in [-0.2, -0.15) is 0 Å². The summed E-state index contributed by atoms with van der Waals surface area (Å²) in [4.78, 5) is 28.4. The lowest BCUT2D eigenvalue weighted by atomic mass is 10.1. The van der Waals surface area contributed by atoms with E-state index in [1.54, 1.807) is 30.2 Å². The van der Waals surface area contributed by atoms with Gasteiger partial charge in [-0.15, -0.1) is 11.8 Å². The van der Waals surface area contributed by atoms with Crippen LogP contribution < -0.4 is 0 Å². The van der Waals surface area contributed by atoms with Crippen molar-refractivity contribution in [1.82, 2.24) is 9.88 Å². The zero-order chi connectivity index (χ0) is 14.1. The van der Waals surface area contributed by atoms with Crippen LogP contribution in [0.3, 0.4) is 0 Å². The third-order valence-electron chi connectivity index (χ3n) is 3.25. The van der Waals surface area contributed by atoms with Crippen molar-refractivity contribution in [2.24, 2.45) is 0 Å². The van der Waals surface area contributed by atoms with E-state index in [1.807, 2.05) is 18.2 Å². The monoisotopic (exact) mass is 288 g/mol. The molecule has 3 heterocycles. The third kappa shape index (κ3) is 2.22. The van der Waals surface area contributed by atoms with Crippen LogP contribution in [0.4, 0.5) is 0 Å². The summed E-state index contributed by atoms with van der Waals surface area (Å²) in [7, 11) is 0. The molecule has 1 atom stereocenters. The molecule has 1 N–H and O–H groups in total. The van der Waals surface area contributed by atoms with Crippen LogP contribution in [-0.4, -0.2) is 38.0 Å². The van der Waals surface area contributed by atoms with E-state index in [1.165, 1.54) is 4.90 Å². The Hall–Kier alpha value is -2.08. The second-order valence-corrected chi connectivity index (χ2v) is 5.70. The van der Waals surface area contributed by atoms with Gasteiger partial charge in [-0.25, -0.2) is 4.79 Å². The molecular formula is C14H12N2O3S. The van der Waals surface area contributed by atoms with Crippen molar-refractivity contribution >= 4 is 29.7 Å². The summed E-state index contributed by atoms with van der Waals surface area (Å²) in [5, 5.41) is 9.33. The average Bonchev–Trinajstić information content (AvgIpc) is 2.45. The maximum absolute atomic E-state index is 11.6. The van der Waals surface area contributed by atoms with E-state index < -0.39 is 5.97 Å². The minimum absolute atomic E-state index is 0.0101. The Balaban J connectivity index is 1.93. The molecule has 0 radical (unpaired) electrons. The first-order chi connectivity index (χ1) is 9.66. The molecule has 0 aliphatic carbocycles. The summed E-state index contributed by atoms with van der Waals surface area (Å²) in [6.45, 7) is 0. The van der Waals surface area contributed by atoms with E-state index in [0.29, 0.717) is 17.7 Å². The Labute approximate surface area is 120 Å². The molecule has 1 saturated heterocycles. The molecule has 1 aromatic rings. The van der Waals surface area contributed by atoms with Crippen LogP contribution in [0, 0.1) is 0 Å². The first-order valence-electron chi connectivity index (χ1n) is 6.15. The largest absolute Gasteiger partial charge is 0.477 e. The van der Waals surface area contributed by atoms with Crippen LogP contribution >= 0.6 is 11.8 Å². The Morgan fingerprint density at radius 2 is 2.35 bits per heavy atom. The summed E-state index contributed by atoms with van der Waals surface area (Å²) in [6.07, 6.45) is 7.39. The fourth-order valence-corrected chi connectivity index (χ4v) is 3.47.